The standard InChI is InChI=1S/C11H14FN5O3S/c1-3(21)7-5(18)6(19)10(20-7)17-2-14-4-8(13)15-11(12)16-9(4)17/h2-3,5-7,10,18-19,21H,1H3,(H2,13,15,16)/t3?,5-,6+,7+,10+/m0/s1. The molecule has 4 N–H and O–H groups in total. The lowest BCUT2D eigenvalue weighted by atomic mass is 10.1. The van der Waals surface area contributed by atoms with Crippen molar-refractivity contribution >= 4 is 29.6 Å². The molecule has 3 rings (SSSR count). The van der Waals surface area contributed by atoms with Crippen molar-refractivity contribution in [3.63, 3.8) is 0 Å². The number of rotatable bonds is 2. The number of aliphatic hydroxyl groups excluding tert-OH is 2. The van der Waals surface area contributed by atoms with Crippen molar-refractivity contribution in [1.82, 2.24) is 19.5 Å². The molecule has 2 aromatic heterocycles. The lowest BCUT2D eigenvalue weighted by Crippen LogP contribution is -2.35. The van der Waals surface area contributed by atoms with E-state index < -0.39 is 30.6 Å². The Morgan fingerprint density at radius 3 is 2.76 bits per heavy atom. The Hall–Kier alpha value is -1.49. The molecule has 0 amide bonds. The fourth-order valence-corrected chi connectivity index (χ4v) is 2.66. The Morgan fingerprint density at radius 2 is 2.14 bits per heavy atom. The fourth-order valence-electron chi connectivity index (χ4n) is 2.41. The van der Waals surface area contributed by atoms with Gasteiger partial charge in [-0.3, -0.25) is 4.57 Å². The highest BCUT2D eigenvalue weighted by atomic mass is 32.1. The number of aromatic nitrogens is 4. The van der Waals surface area contributed by atoms with Crippen LogP contribution in [0.5, 0.6) is 0 Å². The zero-order valence-corrected chi connectivity index (χ0v) is 11.9. The normalized spacial score (nSPS) is 30.9. The number of imidazole rings is 1. The number of nitrogens with zero attached hydrogens (tertiary/aromatic N) is 4. The topological polar surface area (TPSA) is 119 Å². The number of nitrogen functional groups attached to an aromatic ring is 1. The van der Waals surface area contributed by atoms with Gasteiger partial charge in [-0.15, -0.1) is 0 Å². The molecular formula is C11H14FN5O3S. The van der Waals surface area contributed by atoms with Crippen LogP contribution in [0.3, 0.4) is 0 Å². The van der Waals surface area contributed by atoms with Gasteiger partial charge in [-0.05, 0) is 0 Å². The number of nitrogens with two attached hydrogens (primary N) is 1. The van der Waals surface area contributed by atoms with Crippen LogP contribution in [-0.2, 0) is 4.74 Å². The van der Waals surface area contributed by atoms with Crippen LogP contribution in [0.2, 0.25) is 0 Å². The van der Waals surface area contributed by atoms with E-state index in [1.54, 1.807) is 6.92 Å². The first-order chi connectivity index (χ1) is 9.90. The lowest BCUT2D eigenvalue weighted by molar-refractivity contribution is -0.0339. The van der Waals surface area contributed by atoms with E-state index in [4.69, 9.17) is 10.5 Å². The molecule has 8 nitrogen and oxygen atoms in total. The Bertz CT molecular complexity index is 681. The van der Waals surface area contributed by atoms with Crippen LogP contribution in [0, 0.1) is 6.08 Å². The van der Waals surface area contributed by atoms with Gasteiger partial charge in [0.15, 0.2) is 23.2 Å². The summed E-state index contributed by atoms with van der Waals surface area (Å²) < 4.78 is 20.2. The Kier molecular flexibility index (Phi) is 3.48. The summed E-state index contributed by atoms with van der Waals surface area (Å²) in [5.41, 5.74) is 5.86. The van der Waals surface area contributed by atoms with E-state index in [0.29, 0.717) is 0 Å². The fraction of sp³-hybridized carbons (Fsp3) is 0.545. The number of hydrogen-bond donors (Lipinski definition) is 4. The van der Waals surface area contributed by atoms with Gasteiger partial charge >= 0.3 is 6.08 Å². The summed E-state index contributed by atoms with van der Waals surface area (Å²) in [4.78, 5) is 11.0. The summed E-state index contributed by atoms with van der Waals surface area (Å²) in [7, 11) is 0. The van der Waals surface area contributed by atoms with Gasteiger partial charge in [0.2, 0.25) is 0 Å². The summed E-state index contributed by atoms with van der Waals surface area (Å²) in [5, 5.41) is 19.8. The molecule has 0 aromatic carbocycles. The zero-order chi connectivity index (χ0) is 15.3. The number of aliphatic hydroxyl groups is 2. The van der Waals surface area contributed by atoms with E-state index in [2.05, 4.69) is 27.6 Å². The molecule has 0 spiro atoms. The first kappa shape index (κ1) is 14.4. The smallest absolute Gasteiger partial charge is 0.312 e. The third-order valence-electron chi connectivity index (χ3n) is 3.45. The monoisotopic (exact) mass is 315 g/mol. The van der Waals surface area contributed by atoms with Crippen molar-refractivity contribution in [3.8, 4) is 0 Å². The number of hydrogen-bond acceptors (Lipinski definition) is 8. The molecule has 1 aliphatic rings. The molecule has 5 atom stereocenters. The molecular weight excluding hydrogens is 301 g/mol. The average molecular weight is 315 g/mol. The SMILES string of the molecule is CC(S)[C@H]1O[C@@H](n2cnc3c(N)nc(F)nc32)[C@H](O)[C@@H]1O. The molecule has 10 heteroatoms. The van der Waals surface area contributed by atoms with Crippen LogP contribution in [0.25, 0.3) is 11.2 Å². The van der Waals surface area contributed by atoms with Crippen LogP contribution < -0.4 is 5.73 Å². The number of halogens is 1. The zero-order valence-electron chi connectivity index (χ0n) is 11.0. The highest BCUT2D eigenvalue weighted by molar-refractivity contribution is 7.81. The molecule has 0 bridgehead atoms. The minimum Gasteiger partial charge on any atom is -0.387 e. The summed E-state index contributed by atoms with van der Waals surface area (Å²) in [5.74, 6) is -0.108. The van der Waals surface area contributed by atoms with E-state index in [0.717, 1.165) is 0 Å². The predicted octanol–water partition coefficient (Wildman–Crippen LogP) is -0.515. The van der Waals surface area contributed by atoms with Crippen LogP contribution in [0.4, 0.5) is 10.2 Å². The second kappa shape index (κ2) is 5.05. The van der Waals surface area contributed by atoms with Gasteiger partial charge in [-0.1, -0.05) is 6.92 Å². The summed E-state index contributed by atoms with van der Waals surface area (Å²) in [6, 6.07) is 0. The predicted molar refractivity (Wildman–Crippen MR) is 74.1 cm³/mol. The Morgan fingerprint density at radius 1 is 1.43 bits per heavy atom. The molecule has 1 saturated heterocycles. The second-order valence-electron chi connectivity index (χ2n) is 4.91. The highest BCUT2D eigenvalue weighted by Gasteiger charge is 2.45. The molecule has 0 aliphatic carbocycles. The molecule has 2 aromatic rings. The van der Waals surface area contributed by atoms with Gasteiger partial charge in [-0.25, -0.2) is 4.98 Å². The van der Waals surface area contributed by atoms with Crippen LogP contribution in [0.1, 0.15) is 13.2 Å². The van der Waals surface area contributed by atoms with Gasteiger partial charge in [0.1, 0.15) is 18.3 Å². The van der Waals surface area contributed by atoms with Gasteiger partial charge in [0.05, 0.1) is 6.33 Å². The maximum Gasteiger partial charge on any atom is 0.312 e. The van der Waals surface area contributed by atoms with Crippen molar-refractivity contribution in [3.05, 3.63) is 12.4 Å². The summed E-state index contributed by atoms with van der Waals surface area (Å²) >= 11 is 4.21. The van der Waals surface area contributed by atoms with Crippen molar-refractivity contribution in [2.75, 3.05) is 5.73 Å². The third-order valence-corrected chi connectivity index (χ3v) is 3.74. The third kappa shape index (κ3) is 2.24. The molecule has 0 saturated carbocycles. The Balaban J connectivity index is 2.05. The average Bonchev–Trinajstić information content (AvgIpc) is 2.93. The van der Waals surface area contributed by atoms with E-state index >= 15 is 0 Å². The van der Waals surface area contributed by atoms with E-state index in [-0.39, 0.29) is 22.2 Å². The van der Waals surface area contributed by atoms with Crippen molar-refractivity contribution in [2.24, 2.45) is 0 Å². The van der Waals surface area contributed by atoms with Crippen LogP contribution in [0.15, 0.2) is 6.33 Å². The second-order valence-corrected chi connectivity index (χ2v) is 5.73. The van der Waals surface area contributed by atoms with Crippen molar-refractivity contribution < 1.29 is 19.3 Å². The van der Waals surface area contributed by atoms with E-state index in [1.807, 2.05) is 0 Å². The lowest BCUT2D eigenvalue weighted by Gasteiger charge is -2.17. The number of fused-ring (bicyclic) bond motifs is 1. The molecule has 0 radical (unpaired) electrons. The first-order valence-corrected chi connectivity index (χ1v) is 6.77. The van der Waals surface area contributed by atoms with Gasteiger partial charge in [0, 0.05) is 5.25 Å². The molecule has 21 heavy (non-hydrogen) atoms. The minimum atomic E-state index is -1.22. The summed E-state index contributed by atoms with van der Waals surface area (Å²) in [6.07, 6.45) is -3.67. The van der Waals surface area contributed by atoms with Crippen LogP contribution >= 0.6 is 12.6 Å². The highest BCUT2D eigenvalue weighted by Crippen LogP contribution is 2.34. The van der Waals surface area contributed by atoms with E-state index in [9.17, 15) is 14.6 Å². The first-order valence-electron chi connectivity index (χ1n) is 6.25. The molecule has 3 heterocycles. The Labute approximate surface area is 124 Å². The number of anilines is 1. The van der Waals surface area contributed by atoms with Gasteiger partial charge < -0.3 is 20.7 Å². The van der Waals surface area contributed by atoms with E-state index in [1.165, 1.54) is 10.9 Å². The maximum atomic E-state index is 13.3. The molecule has 1 fully saturated rings. The van der Waals surface area contributed by atoms with Crippen molar-refractivity contribution in [2.45, 2.75) is 36.7 Å². The maximum absolute atomic E-state index is 13.3. The van der Waals surface area contributed by atoms with Gasteiger partial charge in [-0.2, -0.15) is 27.0 Å². The largest absolute Gasteiger partial charge is 0.387 e. The summed E-state index contributed by atoms with van der Waals surface area (Å²) in [6.45, 7) is 1.73. The molecule has 1 aliphatic heterocycles. The molecule has 114 valence electrons. The van der Waals surface area contributed by atoms with Crippen molar-refractivity contribution in [1.29, 1.82) is 0 Å². The quantitative estimate of drug-likeness (QED) is 0.435. The molecule has 1 unspecified atom stereocenters. The van der Waals surface area contributed by atoms with Crippen LogP contribution in [-0.4, -0.2) is 53.3 Å². The number of thiol groups is 1. The minimum absolute atomic E-state index is 0.0868. The van der Waals surface area contributed by atoms with Gasteiger partial charge in [0.25, 0.3) is 0 Å². The number of ether oxygens (including phenoxy) is 1.